The zero-order chi connectivity index (χ0) is 17.4. The summed E-state index contributed by atoms with van der Waals surface area (Å²) >= 11 is 3.34. The highest BCUT2D eigenvalue weighted by Crippen LogP contribution is 2.26. The normalized spacial score (nSPS) is 11.0. The third kappa shape index (κ3) is 2.91. The third-order valence-electron chi connectivity index (χ3n) is 3.58. The average Bonchev–Trinajstić information content (AvgIpc) is 3.03. The molecule has 0 spiro atoms. The molecule has 0 amide bonds. The number of H-pyrrole nitrogens is 1. The maximum absolute atomic E-state index is 12.3. The molecule has 0 saturated heterocycles. The van der Waals surface area contributed by atoms with Crippen molar-refractivity contribution < 1.29 is 4.74 Å². The van der Waals surface area contributed by atoms with Crippen LogP contribution in [0.4, 0.5) is 0 Å². The predicted molar refractivity (Wildman–Crippen MR) is 96.2 cm³/mol. The van der Waals surface area contributed by atoms with Crippen molar-refractivity contribution in [2.24, 2.45) is 0 Å². The summed E-state index contributed by atoms with van der Waals surface area (Å²) < 4.78 is 7.83. The molecule has 0 atom stereocenters. The topological polar surface area (TPSA) is 85.7 Å². The van der Waals surface area contributed by atoms with Gasteiger partial charge < -0.3 is 4.74 Å². The van der Waals surface area contributed by atoms with Crippen LogP contribution in [0.5, 0.6) is 11.8 Å². The van der Waals surface area contributed by atoms with Gasteiger partial charge in [0.1, 0.15) is 9.99 Å². The smallest absolute Gasteiger partial charge is 0.304 e. The van der Waals surface area contributed by atoms with E-state index in [-0.39, 0.29) is 11.6 Å². The Morgan fingerprint density at radius 2 is 1.92 bits per heavy atom. The highest BCUT2D eigenvalue weighted by atomic mass is 79.9. The van der Waals surface area contributed by atoms with Crippen molar-refractivity contribution in [3.63, 3.8) is 0 Å². The van der Waals surface area contributed by atoms with E-state index in [4.69, 9.17) is 4.74 Å². The van der Waals surface area contributed by atoms with E-state index in [0.717, 1.165) is 11.4 Å². The molecule has 3 aromatic heterocycles. The lowest BCUT2D eigenvalue weighted by molar-refractivity contribution is 0.436. The number of aromatic nitrogens is 5. The first-order valence-corrected chi connectivity index (χ1v) is 8.25. The second-order valence-electron chi connectivity index (χ2n) is 5.34. The monoisotopic (exact) mass is 397 g/mol. The van der Waals surface area contributed by atoms with Crippen LogP contribution >= 0.6 is 15.9 Å². The number of para-hydroxylation sites is 1. The van der Waals surface area contributed by atoms with Gasteiger partial charge in [0.15, 0.2) is 11.4 Å². The van der Waals surface area contributed by atoms with Crippen molar-refractivity contribution >= 4 is 27.0 Å². The Bertz CT molecular complexity index is 1120. The summed E-state index contributed by atoms with van der Waals surface area (Å²) in [6.07, 6.45) is 1.49. The number of fused-ring (bicyclic) bond motifs is 1. The number of hydrogen-bond acceptors (Lipinski definition) is 5. The number of pyridine rings is 1. The van der Waals surface area contributed by atoms with E-state index in [0.29, 0.717) is 21.4 Å². The molecule has 0 fully saturated rings. The summed E-state index contributed by atoms with van der Waals surface area (Å²) in [5, 5.41) is 4.65. The molecule has 1 aromatic carbocycles. The summed E-state index contributed by atoms with van der Waals surface area (Å²) in [7, 11) is 0. The molecule has 8 heteroatoms. The van der Waals surface area contributed by atoms with E-state index < -0.39 is 0 Å². The minimum absolute atomic E-state index is 0.0709. The average molecular weight is 398 g/mol. The van der Waals surface area contributed by atoms with Gasteiger partial charge in [-0.3, -0.25) is 9.78 Å². The number of ether oxygens (including phenoxy) is 1. The van der Waals surface area contributed by atoms with Gasteiger partial charge in [0, 0.05) is 5.69 Å². The molecule has 1 N–H and O–H groups in total. The molecule has 0 bridgehead atoms. The first kappa shape index (κ1) is 15.5. The minimum Gasteiger partial charge on any atom is -0.423 e. The fourth-order valence-corrected chi connectivity index (χ4v) is 2.89. The van der Waals surface area contributed by atoms with Crippen molar-refractivity contribution in [1.82, 2.24) is 24.7 Å². The Morgan fingerprint density at radius 3 is 2.68 bits per heavy atom. The lowest BCUT2D eigenvalue weighted by Crippen LogP contribution is -2.10. The van der Waals surface area contributed by atoms with Crippen LogP contribution in [0.25, 0.3) is 16.7 Å². The van der Waals surface area contributed by atoms with E-state index >= 15 is 0 Å². The zero-order valence-corrected chi connectivity index (χ0v) is 14.7. The van der Waals surface area contributed by atoms with Crippen molar-refractivity contribution in [1.29, 1.82) is 0 Å². The van der Waals surface area contributed by atoms with E-state index in [1.54, 1.807) is 10.7 Å². The largest absolute Gasteiger partial charge is 0.423 e. The highest BCUT2D eigenvalue weighted by Gasteiger charge is 2.13. The lowest BCUT2D eigenvalue weighted by Gasteiger charge is -2.07. The van der Waals surface area contributed by atoms with Crippen molar-refractivity contribution in [3.05, 3.63) is 69.3 Å². The van der Waals surface area contributed by atoms with Gasteiger partial charge in [-0.05, 0) is 47.1 Å². The second kappa shape index (κ2) is 6.14. The Kier molecular flexibility index (Phi) is 3.81. The molecule has 3 heterocycles. The molecule has 0 aliphatic heterocycles. The number of benzene rings is 1. The number of nitrogens with one attached hydrogen (secondary N) is 1. The van der Waals surface area contributed by atoms with Crippen LogP contribution in [0.3, 0.4) is 0 Å². The van der Waals surface area contributed by atoms with Crippen molar-refractivity contribution in [2.45, 2.75) is 6.92 Å². The van der Waals surface area contributed by atoms with Gasteiger partial charge in [-0.15, -0.1) is 0 Å². The fourth-order valence-electron chi connectivity index (χ4n) is 2.40. The number of aryl methyl sites for hydroxylation is 1. The number of rotatable bonds is 3. The quantitative estimate of drug-likeness (QED) is 0.535. The molecule has 25 heavy (non-hydrogen) atoms. The predicted octanol–water partition coefficient (Wildman–Crippen LogP) is 3.37. The maximum Gasteiger partial charge on any atom is 0.304 e. The first-order chi connectivity index (χ1) is 12.1. The molecule has 0 unspecified atom stereocenters. The van der Waals surface area contributed by atoms with Crippen LogP contribution in [0, 0.1) is 6.92 Å². The van der Waals surface area contributed by atoms with Crippen LogP contribution < -0.4 is 10.3 Å². The summed E-state index contributed by atoms with van der Waals surface area (Å²) in [5.74, 6) is 0.457. The van der Waals surface area contributed by atoms with Crippen molar-refractivity contribution in [3.8, 4) is 17.4 Å². The van der Waals surface area contributed by atoms with Gasteiger partial charge in [0.05, 0.1) is 11.9 Å². The number of halogens is 1. The Morgan fingerprint density at radius 1 is 1.12 bits per heavy atom. The van der Waals surface area contributed by atoms with Crippen LogP contribution in [0.15, 0.2) is 58.1 Å². The van der Waals surface area contributed by atoms with Gasteiger partial charge in [0.2, 0.25) is 0 Å². The summed E-state index contributed by atoms with van der Waals surface area (Å²) in [5.41, 5.74) is 1.75. The molecule has 124 valence electrons. The number of hydrogen-bond donors (Lipinski definition) is 1. The van der Waals surface area contributed by atoms with Gasteiger partial charge >= 0.3 is 6.01 Å². The highest BCUT2D eigenvalue weighted by molar-refractivity contribution is 9.10. The van der Waals surface area contributed by atoms with Crippen LogP contribution in [0.2, 0.25) is 0 Å². The van der Waals surface area contributed by atoms with Crippen LogP contribution in [-0.2, 0) is 0 Å². The van der Waals surface area contributed by atoms with Gasteiger partial charge in [-0.2, -0.15) is 10.1 Å². The minimum atomic E-state index is -0.321. The van der Waals surface area contributed by atoms with E-state index in [9.17, 15) is 4.79 Å². The van der Waals surface area contributed by atoms with E-state index in [2.05, 4.69) is 36.0 Å². The summed E-state index contributed by atoms with van der Waals surface area (Å²) in [6.45, 7) is 1.87. The van der Waals surface area contributed by atoms with E-state index in [1.165, 1.54) is 6.20 Å². The van der Waals surface area contributed by atoms with Crippen LogP contribution in [-0.4, -0.2) is 24.7 Å². The second-order valence-corrected chi connectivity index (χ2v) is 6.10. The number of nitrogens with zero attached hydrogens (tertiary/aromatic N) is 4. The molecule has 4 rings (SSSR count). The van der Waals surface area contributed by atoms with Gasteiger partial charge in [-0.25, -0.2) is 9.67 Å². The lowest BCUT2D eigenvalue weighted by atomic mass is 10.3. The van der Waals surface area contributed by atoms with Gasteiger partial charge in [-0.1, -0.05) is 18.2 Å². The SMILES string of the molecule is Cc1ccc(Oc2nc3c(cnn3-c3ccccc3)c(=O)[nH]2)c(Br)n1. The zero-order valence-electron chi connectivity index (χ0n) is 13.1. The molecule has 0 aliphatic carbocycles. The Labute approximate surface area is 150 Å². The fraction of sp³-hybridized carbons (Fsp3) is 0.0588. The molecule has 4 aromatic rings. The molecule has 0 radical (unpaired) electrons. The van der Waals surface area contributed by atoms with E-state index in [1.807, 2.05) is 43.3 Å². The molecule has 7 nitrogen and oxygen atoms in total. The Balaban J connectivity index is 1.82. The standard InChI is InChI=1S/C17H12BrN5O2/c1-10-7-8-13(14(18)20-10)25-17-21-15-12(16(24)22-17)9-19-23(15)11-5-3-2-4-6-11/h2-9H,1H3,(H,21,22,24). The summed E-state index contributed by atoms with van der Waals surface area (Å²) in [4.78, 5) is 23.6. The first-order valence-electron chi connectivity index (χ1n) is 7.46. The van der Waals surface area contributed by atoms with Crippen LogP contribution in [0.1, 0.15) is 5.69 Å². The molecule has 0 aliphatic rings. The molecular formula is C17H12BrN5O2. The maximum atomic E-state index is 12.3. The Hall–Kier alpha value is -3.00. The number of aromatic amines is 1. The molecular weight excluding hydrogens is 386 g/mol. The third-order valence-corrected chi connectivity index (χ3v) is 4.15. The van der Waals surface area contributed by atoms with Gasteiger partial charge in [0.25, 0.3) is 5.56 Å². The molecule has 0 saturated carbocycles. The summed E-state index contributed by atoms with van der Waals surface area (Å²) in [6, 6.07) is 13.1. The van der Waals surface area contributed by atoms with Crippen molar-refractivity contribution in [2.75, 3.05) is 0 Å².